The first-order valence-electron chi connectivity index (χ1n) is 6.36. The van der Waals surface area contributed by atoms with Gasteiger partial charge in [0.1, 0.15) is 5.52 Å². The van der Waals surface area contributed by atoms with Gasteiger partial charge in [-0.1, -0.05) is 42.1 Å². The van der Waals surface area contributed by atoms with Crippen LogP contribution >= 0.6 is 11.8 Å². The van der Waals surface area contributed by atoms with Gasteiger partial charge >= 0.3 is 10.1 Å². The van der Waals surface area contributed by atoms with Crippen LogP contribution in [0, 0.1) is 0 Å². The number of fused-ring (bicyclic) bond motifs is 1. The van der Waals surface area contributed by atoms with E-state index in [1.165, 1.54) is 11.8 Å². The second kappa shape index (κ2) is 5.62. The molecule has 114 valence electrons. The van der Waals surface area contributed by atoms with Crippen molar-refractivity contribution in [1.82, 2.24) is 15.0 Å². The summed E-state index contributed by atoms with van der Waals surface area (Å²) in [6.07, 6.45) is 2.80. The molecule has 0 saturated carbocycles. The smallest absolute Gasteiger partial charge is 0.307 e. The fourth-order valence-corrected chi connectivity index (χ4v) is 2.81. The van der Waals surface area contributed by atoms with Crippen LogP contribution in [0.15, 0.2) is 41.6 Å². The van der Waals surface area contributed by atoms with Gasteiger partial charge in [0.15, 0.2) is 5.16 Å². The highest BCUT2D eigenvalue weighted by Crippen LogP contribution is 2.30. The van der Waals surface area contributed by atoms with Crippen molar-refractivity contribution >= 4 is 32.9 Å². The van der Waals surface area contributed by atoms with Gasteiger partial charge in [-0.25, -0.2) is 4.98 Å². The Morgan fingerprint density at radius 1 is 1.18 bits per heavy atom. The van der Waals surface area contributed by atoms with Crippen molar-refractivity contribution in [3.63, 3.8) is 0 Å². The van der Waals surface area contributed by atoms with E-state index in [1.54, 1.807) is 0 Å². The number of rotatable bonds is 4. The SMILES string of the molecule is CSc1nc(OS(C)(=O)=O)c2[nH]c(-c3ccccc3)cc2n1. The minimum atomic E-state index is -3.67. The van der Waals surface area contributed by atoms with Crippen LogP contribution in [0.5, 0.6) is 5.88 Å². The van der Waals surface area contributed by atoms with Gasteiger partial charge in [-0.05, 0) is 17.9 Å². The zero-order valence-electron chi connectivity index (χ0n) is 11.9. The largest absolute Gasteiger partial charge is 0.359 e. The summed E-state index contributed by atoms with van der Waals surface area (Å²) < 4.78 is 27.8. The Morgan fingerprint density at radius 2 is 1.91 bits per heavy atom. The molecule has 0 saturated heterocycles. The summed E-state index contributed by atoms with van der Waals surface area (Å²) >= 11 is 1.32. The fourth-order valence-electron chi connectivity index (χ4n) is 2.03. The van der Waals surface area contributed by atoms with Gasteiger partial charge in [-0.3, -0.25) is 0 Å². The molecule has 0 amide bonds. The van der Waals surface area contributed by atoms with E-state index in [1.807, 2.05) is 42.7 Å². The topological polar surface area (TPSA) is 84.9 Å². The van der Waals surface area contributed by atoms with Crippen LogP contribution in [0.3, 0.4) is 0 Å². The second-order valence-corrected chi connectivity index (χ2v) is 6.96. The summed E-state index contributed by atoms with van der Waals surface area (Å²) in [6.45, 7) is 0. The monoisotopic (exact) mass is 335 g/mol. The van der Waals surface area contributed by atoms with Crippen molar-refractivity contribution in [2.24, 2.45) is 0 Å². The van der Waals surface area contributed by atoms with Crippen molar-refractivity contribution < 1.29 is 12.6 Å². The number of aromatic amines is 1. The van der Waals surface area contributed by atoms with E-state index in [2.05, 4.69) is 15.0 Å². The van der Waals surface area contributed by atoms with Gasteiger partial charge in [0.25, 0.3) is 5.88 Å². The van der Waals surface area contributed by atoms with Crippen molar-refractivity contribution in [2.45, 2.75) is 5.16 Å². The van der Waals surface area contributed by atoms with Gasteiger partial charge in [-0.2, -0.15) is 13.4 Å². The molecule has 2 aromatic heterocycles. The summed E-state index contributed by atoms with van der Waals surface area (Å²) in [5.74, 6) is 0.0130. The lowest BCUT2D eigenvalue weighted by molar-refractivity contribution is 0.482. The molecule has 0 unspecified atom stereocenters. The van der Waals surface area contributed by atoms with E-state index >= 15 is 0 Å². The average Bonchev–Trinajstić information content (AvgIpc) is 2.91. The number of hydrogen-bond acceptors (Lipinski definition) is 6. The third-order valence-electron chi connectivity index (χ3n) is 2.92. The van der Waals surface area contributed by atoms with Crippen LogP contribution in [0.25, 0.3) is 22.3 Å². The third-order valence-corrected chi connectivity index (χ3v) is 3.93. The van der Waals surface area contributed by atoms with Crippen molar-refractivity contribution in [3.8, 4) is 17.1 Å². The predicted molar refractivity (Wildman–Crippen MR) is 86.6 cm³/mol. The molecular formula is C14H13N3O3S2. The molecule has 0 aliphatic rings. The molecule has 0 spiro atoms. The lowest BCUT2D eigenvalue weighted by atomic mass is 10.2. The van der Waals surface area contributed by atoms with E-state index in [0.717, 1.165) is 17.5 Å². The summed E-state index contributed by atoms with van der Waals surface area (Å²) in [4.78, 5) is 11.6. The predicted octanol–water partition coefficient (Wildman–Crippen LogP) is 2.69. The Morgan fingerprint density at radius 3 is 2.55 bits per heavy atom. The Labute approximate surface area is 132 Å². The highest BCUT2D eigenvalue weighted by molar-refractivity contribution is 7.98. The maximum absolute atomic E-state index is 11.4. The molecule has 3 rings (SSSR count). The average molecular weight is 335 g/mol. The quantitative estimate of drug-likeness (QED) is 0.448. The maximum atomic E-state index is 11.4. The number of thioether (sulfide) groups is 1. The third kappa shape index (κ3) is 3.07. The summed E-state index contributed by atoms with van der Waals surface area (Å²) in [5.41, 5.74) is 2.86. The zero-order chi connectivity index (χ0) is 15.7. The van der Waals surface area contributed by atoms with Crippen molar-refractivity contribution in [1.29, 1.82) is 0 Å². The molecule has 0 aliphatic heterocycles. The standard InChI is InChI=1S/C14H13N3O3S2/c1-21-14-16-11-8-10(9-6-4-3-5-7-9)15-12(11)13(17-14)20-22(2,18)19/h3-8,15H,1-2H3. The highest BCUT2D eigenvalue weighted by Gasteiger charge is 2.16. The number of nitrogens with zero attached hydrogens (tertiary/aromatic N) is 2. The van der Waals surface area contributed by atoms with Crippen LogP contribution < -0.4 is 4.18 Å². The minimum absolute atomic E-state index is 0.0130. The molecule has 0 aliphatic carbocycles. The number of H-pyrrole nitrogens is 1. The van der Waals surface area contributed by atoms with Gasteiger partial charge in [0.05, 0.1) is 11.8 Å². The molecule has 3 aromatic rings. The van der Waals surface area contributed by atoms with Gasteiger partial charge in [0.2, 0.25) is 0 Å². The Kier molecular flexibility index (Phi) is 3.79. The number of hydrogen-bond donors (Lipinski definition) is 1. The van der Waals surface area contributed by atoms with Gasteiger partial charge in [0, 0.05) is 5.69 Å². The van der Waals surface area contributed by atoms with Crippen molar-refractivity contribution in [3.05, 3.63) is 36.4 Å². The number of aromatic nitrogens is 3. The molecule has 1 N–H and O–H groups in total. The molecule has 0 fully saturated rings. The Balaban J connectivity index is 2.20. The first-order chi connectivity index (χ1) is 10.5. The van der Waals surface area contributed by atoms with Crippen LogP contribution in [0.2, 0.25) is 0 Å². The van der Waals surface area contributed by atoms with Crippen LogP contribution in [-0.4, -0.2) is 35.9 Å². The molecule has 2 heterocycles. The zero-order valence-corrected chi connectivity index (χ0v) is 13.5. The molecule has 8 heteroatoms. The summed E-state index contributed by atoms with van der Waals surface area (Å²) in [7, 11) is -3.67. The van der Waals surface area contributed by atoms with Crippen molar-refractivity contribution in [2.75, 3.05) is 12.5 Å². The lowest BCUT2D eigenvalue weighted by Crippen LogP contribution is -2.08. The molecule has 0 atom stereocenters. The fraction of sp³-hybridized carbons (Fsp3) is 0.143. The maximum Gasteiger partial charge on any atom is 0.307 e. The van der Waals surface area contributed by atoms with Gasteiger partial charge < -0.3 is 9.17 Å². The van der Waals surface area contributed by atoms with E-state index in [4.69, 9.17) is 4.18 Å². The first-order valence-corrected chi connectivity index (χ1v) is 9.40. The number of nitrogens with one attached hydrogen (secondary N) is 1. The molecule has 0 bridgehead atoms. The Bertz CT molecular complexity index is 921. The van der Waals surface area contributed by atoms with Crippen LogP contribution in [0.1, 0.15) is 0 Å². The van der Waals surface area contributed by atoms with Crippen LogP contribution in [-0.2, 0) is 10.1 Å². The highest BCUT2D eigenvalue weighted by atomic mass is 32.2. The Hall–Kier alpha value is -2.06. The van der Waals surface area contributed by atoms with E-state index < -0.39 is 10.1 Å². The normalized spacial score (nSPS) is 11.7. The summed E-state index contributed by atoms with van der Waals surface area (Å²) in [5, 5.41) is 0.449. The molecule has 0 radical (unpaired) electrons. The second-order valence-electron chi connectivity index (χ2n) is 4.61. The molecule has 1 aromatic carbocycles. The molecular weight excluding hydrogens is 322 g/mol. The minimum Gasteiger partial charge on any atom is -0.359 e. The molecule has 22 heavy (non-hydrogen) atoms. The lowest BCUT2D eigenvalue weighted by Gasteiger charge is -2.04. The van der Waals surface area contributed by atoms with E-state index in [9.17, 15) is 8.42 Å². The van der Waals surface area contributed by atoms with Gasteiger partial charge in [-0.15, -0.1) is 0 Å². The molecule has 6 nitrogen and oxygen atoms in total. The van der Waals surface area contributed by atoms with Crippen LogP contribution in [0.4, 0.5) is 0 Å². The first kappa shape index (κ1) is 14.9. The van der Waals surface area contributed by atoms with E-state index in [-0.39, 0.29) is 5.88 Å². The summed E-state index contributed by atoms with van der Waals surface area (Å²) in [6, 6.07) is 11.5. The van der Waals surface area contributed by atoms with E-state index in [0.29, 0.717) is 16.2 Å². The number of benzene rings is 1.